The number of carboxylic acid groups (broad SMARTS) is 1. The summed E-state index contributed by atoms with van der Waals surface area (Å²) in [4.78, 5) is 22.7. The average molecular weight is 370 g/mol. The Labute approximate surface area is 134 Å². The zero-order valence-corrected chi connectivity index (χ0v) is 12.9. The van der Waals surface area contributed by atoms with Crippen LogP contribution in [0.1, 0.15) is 10.4 Å². The molecule has 0 atom stereocenters. The fourth-order valence-electron chi connectivity index (χ4n) is 1.63. The number of benzene rings is 2. The van der Waals surface area contributed by atoms with Crippen molar-refractivity contribution < 1.29 is 14.7 Å². The van der Waals surface area contributed by atoms with E-state index in [1.807, 2.05) is 6.07 Å². The lowest BCUT2D eigenvalue weighted by molar-refractivity contribution is 0.0697. The molecule has 2 rings (SSSR count). The Balaban J connectivity index is 2.06. The fourth-order valence-corrected chi connectivity index (χ4v) is 2.29. The SMILES string of the molecule is O=C(Nc1cccc(Br)c1)Nc1ccc(C(=O)O)c(Cl)c1. The molecule has 0 fully saturated rings. The smallest absolute Gasteiger partial charge is 0.337 e. The van der Waals surface area contributed by atoms with Crippen molar-refractivity contribution in [3.05, 3.63) is 57.5 Å². The molecule has 5 nitrogen and oxygen atoms in total. The van der Waals surface area contributed by atoms with E-state index < -0.39 is 12.0 Å². The molecule has 0 heterocycles. The van der Waals surface area contributed by atoms with Gasteiger partial charge >= 0.3 is 12.0 Å². The number of carbonyl (C=O) groups is 2. The summed E-state index contributed by atoms with van der Waals surface area (Å²) in [6.07, 6.45) is 0. The predicted molar refractivity (Wildman–Crippen MR) is 85.2 cm³/mol. The van der Waals surface area contributed by atoms with Gasteiger partial charge in [-0.2, -0.15) is 0 Å². The summed E-state index contributed by atoms with van der Waals surface area (Å²) >= 11 is 9.14. The van der Waals surface area contributed by atoms with Crippen LogP contribution in [-0.4, -0.2) is 17.1 Å². The Morgan fingerprint density at radius 1 is 1.05 bits per heavy atom. The second-order valence-electron chi connectivity index (χ2n) is 4.09. The first kappa shape index (κ1) is 15.3. The molecule has 0 saturated heterocycles. The van der Waals surface area contributed by atoms with Gasteiger partial charge in [0.15, 0.2) is 0 Å². The third-order valence-corrected chi connectivity index (χ3v) is 3.35. The molecule has 2 aromatic rings. The zero-order chi connectivity index (χ0) is 15.4. The van der Waals surface area contributed by atoms with Crippen LogP contribution >= 0.6 is 27.5 Å². The number of hydrogen-bond acceptors (Lipinski definition) is 2. The van der Waals surface area contributed by atoms with Crippen LogP contribution in [0.3, 0.4) is 0 Å². The van der Waals surface area contributed by atoms with E-state index in [-0.39, 0.29) is 10.6 Å². The molecule has 2 amide bonds. The standard InChI is InChI=1S/C14H10BrClN2O3/c15-8-2-1-3-9(6-8)17-14(21)18-10-4-5-11(13(19)20)12(16)7-10/h1-7H,(H,19,20)(H2,17,18,21). The highest BCUT2D eigenvalue weighted by molar-refractivity contribution is 9.10. The molecule has 108 valence electrons. The molecular weight excluding hydrogens is 360 g/mol. The van der Waals surface area contributed by atoms with E-state index in [1.165, 1.54) is 18.2 Å². The second-order valence-corrected chi connectivity index (χ2v) is 5.41. The number of hydrogen-bond donors (Lipinski definition) is 3. The van der Waals surface area contributed by atoms with Crippen molar-refractivity contribution in [3.63, 3.8) is 0 Å². The molecule has 0 aliphatic heterocycles. The first-order valence-electron chi connectivity index (χ1n) is 5.82. The van der Waals surface area contributed by atoms with Crippen LogP contribution in [0, 0.1) is 0 Å². The third-order valence-electron chi connectivity index (χ3n) is 2.54. The maximum atomic E-state index is 11.8. The largest absolute Gasteiger partial charge is 0.478 e. The monoisotopic (exact) mass is 368 g/mol. The summed E-state index contributed by atoms with van der Waals surface area (Å²) in [6, 6.07) is 10.9. The Hall–Kier alpha value is -2.05. The first-order valence-corrected chi connectivity index (χ1v) is 6.99. The highest BCUT2D eigenvalue weighted by atomic mass is 79.9. The third kappa shape index (κ3) is 4.21. The van der Waals surface area contributed by atoms with Crippen LogP contribution in [-0.2, 0) is 0 Å². The minimum atomic E-state index is -1.12. The topological polar surface area (TPSA) is 78.4 Å². The first-order chi connectivity index (χ1) is 9.95. The van der Waals surface area contributed by atoms with Gasteiger partial charge < -0.3 is 15.7 Å². The molecule has 0 unspecified atom stereocenters. The van der Waals surface area contributed by atoms with Crippen molar-refractivity contribution >= 4 is 50.9 Å². The van der Waals surface area contributed by atoms with Crippen LogP contribution in [0.25, 0.3) is 0 Å². The molecule has 0 spiro atoms. The van der Waals surface area contributed by atoms with Crippen molar-refractivity contribution in [1.82, 2.24) is 0 Å². The number of urea groups is 1. The number of halogens is 2. The highest BCUT2D eigenvalue weighted by Gasteiger charge is 2.10. The van der Waals surface area contributed by atoms with Crippen molar-refractivity contribution in [1.29, 1.82) is 0 Å². The summed E-state index contributed by atoms with van der Waals surface area (Å²) in [5.41, 5.74) is 1.00. The van der Waals surface area contributed by atoms with Gasteiger partial charge in [-0.05, 0) is 36.4 Å². The van der Waals surface area contributed by atoms with Gasteiger partial charge in [-0.1, -0.05) is 33.6 Å². The Morgan fingerprint density at radius 2 is 1.71 bits per heavy atom. The molecule has 0 aromatic heterocycles. The maximum Gasteiger partial charge on any atom is 0.337 e. The molecule has 0 bridgehead atoms. The predicted octanol–water partition coefficient (Wildman–Crippen LogP) is 4.44. The van der Waals surface area contributed by atoms with Gasteiger partial charge in [0.2, 0.25) is 0 Å². The van der Waals surface area contributed by atoms with E-state index in [1.54, 1.807) is 18.2 Å². The summed E-state index contributed by atoms with van der Waals surface area (Å²) in [5, 5.41) is 14.2. The quantitative estimate of drug-likeness (QED) is 0.748. The molecule has 7 heteroatoms. The number of anilines is 2. The molecular formula is C14H10BrClN2O3. The number of amides is 2. The van der Waals surface area contributed by atoms with Gasteiger partial charge in [-0.3, -0.25) is 0 Å². The zero-order valence-electron chi connectivity index (χ0n) is 10.6. The number of carbonyl (C=O) groups excluding carboxylic acids is 1. The van der Waals surface area contributed by atoms with Crippen molar-refractivity contribution in [3.8, 4) is 0 Å². The molecule has 21 heavy (non-hydrogen) atoms. The normalized spacial score (nSPS) is 10.0. The minimum Gasteiger partial charge on any atom is -0.478 e. The van der Waals surface area contributed by atoms with E-state index in [4.69, 9.17) is 16.7 Å². The van der Waals surface area contributed by atoms with Gasteiger partial charge in [-0.25, -0.2) is 9.59 Å². The van der Waals surface area contributed by atoms with Gasteiger partial charge in [0.05, 0.1) is 10.6 Å². The van der Waals surface area contributed by atoms with Crippen LogP contribution in [0.2, 0.25) is 5.02 Å². The van der Waals surface area contributed by atoms with E-state index in [0.29, 0.717) is 11.4 Å². The molecule has 0 radical (unpaired) electrons. The van der Waals surface area contributed by atoms with E-state index in [9.17, 15) is 9.59 Å². The Morgan fingerprint density at radius 3 is 2.29 bits per heavy atom. The van der Waals surface area contributed by atoms with Gasteiger partial charge in [0, 0.05) is 15.8 Å². The van der Waals surface area contributed by atoms with Crippen LogP contribution in [0.5, 0.6) is 0 Å². The second kappa shape index (κ2) is 6.60. The molecule has 0 aliphatic carbocycles. The van der Waals surface area contributed by atoms with Crippen LogP contribution in [0.15, 0.2) is 46.9 Å². The van der Waals surface area contributed by atoms with E-state index in [0.717, 1.165) is 4.47 Å². The molecule has 0 aliphatic rings. The Kier molecular flexibility index (Phi) is 4.82. The number of nitrogens with one attached hydrogen (secondary N) is 2. The number of rotatable bonds is 3. The van der Waals surface area contributed by atoms with Gasteiger partial charge in [0.1, 0.15) is 0 Å². The fraction of sp³-hybridized carbons (Fsp3) is 0. The van der Waals surface area contributed by atoms with E-state index in [2.05, 4.69) is 26.6 Å². The molecule has 2 aromatic carbocycles. The summed E-state index contributed by atoms with van der Waals surface area (Å²) < 4.78 is 0.842. The average Bonchev–Trinajstić information content (AvgIpc) is 2.38. The lowest BCUT2D eigenvalue weighted by Crippen LogP contribution is -2.19. The highest BCUT2D eigenvalue weighted by Crippen LogP contribution is 2.21. The maximum absolute atomic E-state index is 11.8. The Bertz CT molecular complexity index is 706. The van der Waals surface area contributed by atoms with Crippen molar-refractivity contribution in [2.75, 3.05) is 10.6 Å². The number of aromatic carboxylic acids is 1. The number of carboxylic acids is 1. The summed E-state index contributed by atoms with van der Waals surface area (Å²) in [6.45, 7) is 0. The van der Waals surface area contributed by atoms with Crippen molar-refractivity contribution in [2.24, 2.45) is 0 Å². The molecule has 0 saturated carbocycles. The molecule has 3 N–H and O–H groups in total. The van der Waals surface area contributed by atoms with Crippen LogP contribution < -0.4 is 10.6 Å². The summed E-state index contributed by atoms with van der Waals surface area (Å²) in [7, 11) is 0. The minimum absolute atomic E-state index is 0.0189. The van der Waals surface area contributed by atoms with Gasteiger partial charge in [-0.15, -0.1) is 0 Å². The van der Waals surface area contributed by atoms with Crippen LogP contribution in [0.4, 0.5) is 16.2 Å². The van der Waals surface area contributed by atoms with Crippen molar-refractivity contribution in [2.45, 2.75) is 0 Å². The lowest BCUT2D eigenvalue weighted by Gasteiger charge is -2.09. The summed E-state index contributed by atoms with van der Waals surface area (Å²) in [5.74, 6) is -1.12. The lowest BCUT2D eigenvalue weighted by atomic mass is 10.2. The van der Waals surface area contributed by atoms with E-state index >= 15 is 0 Å². The van der Waals surface area contributed by atoms with Gasteiger partial charge in [0.25, 0.3) is 0 Å².